The van der Waals surface area contributed by atoms with Crippen LogP contribution in [-0.4, -0.2) is 29.9 Å². The van der Waals surface area contributed by atoms with Crippen LogP contribution in [-0.2, 0) is 12.3 Å². The highest BCUT2D eigenvalue weighted by molar-refractivity contribution is 6.17. The summed E-state index contributed by atoms with van der Waals surface area (Å²) in [7, 11) is 4.20. The number of aromatic nitrogens is 1. The Morgan fingerprint density at radius 3 is 2.44 bits per heavy atom. The fourth-order valence-corrected chi connectivity index (χ4v) is 2.00. The lowest BCUT2D eigenvalue weighted by Crippen LogP contribution is -2.14. The number of alkyl halides is 1. The molecule has 2 aromatic heterocycles. The molecule has 0 unspecified atom stereocenters. The van der Waals surface area contributed by atoms with E-state index in [1.807, 2.05) is 13.8 Å². The Balaban J connectivity index is 0.000000771. The number of nitrogens with zero attached hydrogens (tertiary/aromatic N) is 2. The zero-order chi connectivity index (χ0) is 13.5. The van der Waals surface area contributed by atoms with Gasteiger partial charge >= 0.3 is 0 Å². The van der Waals surface area contributed by atoms with Gasteiger partial charge in [-0.25, -0.2) is 0 Å². The van der Waals surface area contributed by atoms with Gasteiger partial charge < -0.3 is 9.30 Å². The Morgan fingerprint density at radius 2 is 1.83 bits per heavy atom. The lowest BCUT2D eigenvalue weighted by Gasteiger charge is -2.08. The van der Waals surface area contributed by atoms with E-state index in [0.29, 0.717) is 5.88 Å². The molecule has 0 saturated heterocycles. The van der Waals surface area contributed by atoms with Crippen molar-refractivity contribution in [3.8, 4) is 0 Å². The molecule has 0 atom stereocenters. The minimum absolute atomic E-state index is 0.578. The summed E-state index contributed by atoms with van der Waals surface area (Å²) >= 11 is 5.86. The third kappa shape index (κ3) is 3.76. The van der Waals surface area contributed by atoms with Crippen molar-refractivity contribution in [2.45, 2.75) is 26.1 Å². The summed E-state index contributed by atoms with van der Waals surface area (Å²) in [6, 6.07) is 6.44. The molecule has 2 heterocycles. The molecule has 0 spiro atoms. The zero-order valence-electron chi connectivity index (χ0n) is 11.8. The van der Waals surface area contributed by atoms with Crippen LogP contribution in [0.1, 0.15) is 25.0 Å². The molecule has 0 N–H and O–H groups in total. The monoisotopic (exact) mass is 266 g/mol. The summed E-state index contributed by atoms with van der Waals surface area (Å²) in [5.74, 6) is 0.578. The quantitative estimate of drug-likeness (QED) is 0.764. The summed E-state index contributed by atoms with van der Waals surface area (Å²) in [5.41, 5.74) is 3.85. The van der Waals surface area contributed by atoms with Gasteiger partial charge in [-0.3, -0.25) is 0 Å². The van der Waals surface area contributed by atoms with Crippen LogP contribution in [0.4, 0.5) is 0 Å². The first-order valence-electron chi connectivity index (χ1n) is 6.50. The fourth-order valence-electron chi connectivity index (χ4n) is 1.84. The Labute approximate surface area is 115 Å². The minimum Gasteiger partial charge on any atom is -0.324 e. The summed E-state index contributed by atoms with van der Waals surface area (Å²) in [4.78, 5) is 2.20. The molecule has 0 fully saturated rings. The Hall–Kier alpha value is -0.990. The first-order valence-corrected chi connectivity index (χ1v) is 7.03. The first-order chi connectivity index (χ1) is 8.70. The molecule has 0 aliphatic heterocycles. The molecule has 0 aliphatic carbocycles. The largest absolute Gasteiger partial charge is 0.324 e. The van der Waals surface area contributed by atoms with Crippen LogP contribution in [0.15, 0.2) is 30.6 Å². The molecule has 0 amide bonds. The van der Waals surface area contributed by atoms with Crippen molar-refractivity contribution in [2.75, 3.05) is 20.6 Å². The van der Waals surface area contributed by atoms with E-state index in [1.54, 1.807) is 0 Å². The van der Waals surface area contributed by atoms with Crippen LogP contribution >= 0.6 is 11.6 Å². The molecule has 2 rings (SSSR count). The van der Waals surface area contributed by atoms with E-state index in [-0.39, 0.29) is 0 Å². The number of fused-ring (bicyclic) bond motifs is 1. The maximum absolute atomic E-state index is 5.86. The molecule has 0 aromatic carbocycles. The molecule has 0 aliphatic rings. The highest BCUT2D eigenvalue weighted by Crippen LogP contribution is 2.16. The first kappa shape index (κ1) is 15.1. The van der Waals surface area contributed by atoms with E-state index in [2.05, 4.69) is 54.0 Å². The van der Waals surface area contributed by atoms with Gasteiger partial charge in [-0.05, 0) is 49.8 Å². The number of likely N-dealkylation sites (N-methyl/N-ethyl adjacent to an activating group) is 1. The van der Waals surface area contributed by atoms with E-state index in [1.165, 1.54) is 16.6 Å². The van der Waals surface area contributed by atoms with Gasteiger partial charge in [-0.2, -0.15) is 0 Å². The van der Waals surface area contributed by atoms with Crippen LogP contribution in [0.5, 0.6) is 0 Å². The summed E-state index contributed by atoms with van der Waals surface area (Å²) in [6.45, 7) is 5.07. The lowest BCUT2D eigenvalue weighted by molar-refractivity contribution is 0.414. The van der Waals surface area contributed by atoms with Gasteiger partial charge in [-0.15, -0.1) is 11.6 Å². The molecule has 0 saturated carbocycles. The number of rotatable bonds is 4. The second kappa shape index (κ2) is 7.45. The zero-order valence-corrected chi connectivity index (χ0v) is 12.5. The van der Waals surface area contributed by atoms with Crippen LogP contribution in [0.3, 0.4) is 0 Å². The molecule has 2 nitrogen and oxygen atoms in total. The van der Waals surface area contributed by atoms with Crippen molar-refractivity contribution in [1.29, 1.82) is 0 Å². The van der Waals surface area contributed by atoms with E-state index in [9.17, 15) is 0 Å². The van der Waals surface area contributed by atoms with Gasteiger partial charge in [0, 0.05) is 30.3 Å². The smallest absolute Gasteiger partial charge is 0.0485 e. The second-order valence-electron chi connectivity index (χ2n) is 4.36. The van der Waals surface area contributed by atoms with E-state index in [0.717, 1.165) is 13.0 Å². The van der Waals surface area contributed by atoms with Gasteiger partial charge in [0.1, 0.15) is 0 Å². The molecular formula is C15H23ClN2. The van der Waals surface area contributed by atoms with Crippen molar-refractivity contribution >= 4 is 17.1 Å². The van der Waals surface area contributed by atoms with Crippen LogP contribution in [0.2, 0.25) is 0 Å². The number of pyridine rings is 1. The van der Waals surface area contributed by atoms with Crippen molar-refractivity contribution in [3.05, 3.63) is 41.7 Å². The lowest BCUT2D eigenvalue weighted by atomic mass is 10.1. The van der Waals surface area contributed by atoms with Gasteiger partial charge in [0.15, 0.2) is 0 Å². The minimum atomic E-state index is 0.578. The summed E-state index contributed by atoms with van der Waals surface area (Å²) in [6.07, 6.45) is 5.26. The molecule has 0 radical (unpaired) electrons. The van der Waals surface area contributed by atoms with Gasteiger partial charge in [0.05, 0.1) is 0 Å². The van der Waals surface area contributed by atoms with Gasteiger partial charge in [-0.1, -0.05) is 13.8 Å². The van der Waals surface area contributed by atoms with Crippen molar-refractivity contribution in [2.24, 2.45) is 0 Å². The van der Waals surface area contributed by atoms with Crippen molar-refractivity contribution in [1.82, 2.24) is 9.30 Å². The number of halogens is 1. The van der Waals surface area contributed by atoms with Crippen LogP contribution in [0.25, 0.3) is 5.52 Å². The van der Waals surface area contributed by atoms with E-state index >= 15 is 0 Å². The van der Waals surface area contributed by atoms with Crippen molar-refractivity contribution < 1.29 is 0 Å². The highest BCUT2D eigenvalue weighted by atomic mass is 35.5. The average molecular weight is 267 g/mol. The third-order valence-corrected chi connectivity index (χ3v) is 3.11. The number of hydrogen-bond donors (Lipinski definition) is 0. The highest BCUT2D eigenvalue weighted by Gasteiger charge is 2.03. The summed E-state index contributed by atoms with van der Waals surface area (Å²) < 4.78 is 2.15. The van der Waals surface area contributed by atoms with Crippen molar-refractivity contribution in [3.63, 3.8) is 0 Å². The molecule has 100 valence electrons. The number of hydrogen-bond acceptors (Lipinski definition) is 1. The normalized spacial score (nSPS) is 10.6. The standard InChI is InChI=1S/C13H17ClN2.C2H6/c1-15(2)6-4-12-5-8-16-7-3-11(10-14)9-13(12)16;1-2/h3,5,7-9H,4,6,10H2,1-2H3;1-2H3. The molecule has 2 aromatic rings. The SMILES string of the molecule is CC.CN(C)CCc1ccn2ccc(CCl)cc12. The summed E-state index contributed by atoms with van der Waals surface area (Å²) in [5, 5.41) is 0. The molecular weight excluding hydrogens is 244 g/mol. The fraction of sp³-hybridized carbons (Fsp3) is 0.467. The van der Waals surface area contributed by atoms with Gasteiger partial charge in [0.2, 0.25) is 0 Å². The predicted molar refractivity (Wildman–Crippen MR) is 80.6 cm³/mol. The molecule has 18 heavy (non-hydrogen) atoms. The Kier molecular flexibility index (Phi) is 6.23. The predicted octanol–water partition coefficient (Wildman–Crippen LogP) is 3.81. The Morgan fingerprint density at radius 1 is 1.17 bits per heavy atom. The molecule has 0 bridgehead atoms. The third-order valence-electron chi connectivity index (χ3n) is 2.80. The molecule has 3 heteroatoms. The van der Waals surface area contributed by atoms with E-state index < -0.39 is 0 Å². The van der Waals surface area contributed by atoms with Crippen LogP contribution < -0.4 is 0 Å². The topological polar surface area (TPSA) is 7.65 Å². The van der Waals surface area contributed by atoms with Gasteiger partial charge in [0.25, 0.3) is 0 Å². The van der Waals surface area contributed by atoms with Crippen LogP contribution in [0, 0.1) is 0 Å². The second-order valence-corrected chi connectivity index (χ2v) is 4.62. The van der Waals surface area contributed by atoms with E-state index in [4.69, 9.17) is 11.6 Å². The maximum atomic E-state index is 5.86. The maximum Gasteiger partial charge on any atom is 0.0485 e. The average Bonchev–Trinajstić information content (AvgIpc) is 2.80. The Bertz CT molecular complexity index is 474.